The van der Waals surface area contributed by atoms with Crippen LogP contribution in [0, 0.1) is 5.92 Å². The lowest BCUT2D eigenvalue weighted by atomic mass is 9.95. The predicted molar refractivity (Wildman–Crippen MR) is 54.8 cm³/mol. The van der Waals surface area contributed by atoms with Crippen molar-refractivity contribution in [1.82, 2.24) is 0 Å². The SMILES string of the molecule is O=S1(=O)CCC(CCC2(O)CC2)CC1. The lowest BCUT2D eigenvalue weighted by Crippen LogP contribution is -2.24. The third kappa shape index (κ3) is 2.70. The summed E-state index contributed by atoms with van der Waals surface area (Å²) in [5.41, 5.74) is -0.365. The van der Waals surface area contributed by atoms with Gasteiger partial charge in [-0.15, -0.1) is 0 Å². The molecule has 0 amide bonds. The Morgan fingerprint density at radius 3 is 2.29 bits per heavy atom. The third-order valence-corrected chi connectivity index (χ3v) is 5.23. The standard InChI is InChI=1S/C10H18O3S/c11-10(5-6-10)4-1-9-2-7-14(12,13)8-3-9/h9,11H,1-8H2. The largest absolute Gasteiger partial charge is 0.390 e. The van der Waals surface area contributed by atoms with Crippen molar-refractivity contribution in [2.45, 2.75) is 44.1 Å². The minimum absolute atomic E-state index is 0.357. The predicted octanol–water partition coefficient (Wildman–Crippen LogP) is 1.12. The maximum absolute atomic E-state index is 11.2. The number of hydrogen-bond donors (Lipinski definition) is 1. The van der Waals surface area contributed by atoms with Gasteiger partial charge in [-0.25, -0.2) is 8.42 Å². The van der Waals surface area contributed by atoms with E-state index in [9.17, 15) is 13.5 Å². The van der Waals surface area contributed by atoms with E-state index < -0.39 is 9.84 Å². The Kier molecular flexibility index (Phi) is 2.60. The maximum Gasteiger partial charge on any atom is 0.150 e. The number of aliphatic hydroxyl groups is 1. The van der Waals surface area contributed by atoms with Crippen LogP contribution in [0.1, 0.15) is 38.5 Å². The normalized spacial score (nSPS) is 30.1. The average molecular weight is 218 g/mol. The lowest BCUT2D eigenvalue weighted by Gasteiger charge is -2.22. The molecule has 0 aromatic rings. The Morgan fingerprint density at radius 2 is 1.79 bits per heavy atom. The van der Waals surface area contributed by atoms with Gasteiger partial charge < -0.3 is 5.11 Å². The topological polar surface area (TPSA) is 54.4 Å². The molecular formula is C10H18O3S. The van der Waals surface area contributed by atoms with Crippen molar-refractivity contribution in [2.75, 3.05) is 11.5 Å². The van der Waals surface area contributed by atoms with Crippen LogP contribution in [-0.4, -0.2) is 30.6 Å². The van der Waals surface area contributed by atoms with E-state index in [1.54, 1.807) is 0 Å². The first-order chi connectivity index (χ1) is 6.49. The Balaban J connectivity index is 1.73. The van der Waals surface area contributed by atoms with Gasteiger partial charge in [-0.05, 0) is 44.4 Å². The van der Waals surface area contributed by atoms with Crippen molar-refractivity contribution in [3.8, 4) is 0 Å². The van der Waals surface area contributed by atoms with Crippen LogP contribution < -0.4 is 0 Å². The Labute approximate surface area is 85.4 Å². The molecule has 2 aliphatic rings. The van der Waals surface area contributed by atoms with Crippen LogP contribution in [0.15, 0.2) is 0 Å². The molecule has 0 spiro atoms. The molecule has 1 aliphatic heterocycles. The highest BCUT2D eigenvalue weighted by molar-refractivity contribution is 7.91. The fourth-order valence-electron chi connectivity index (χ4n) is 2.09. The summed E-state index contributed by atoms with van der Waals surface area (Å²) in [6.07, 6.45) is 5.37. The minimum Gasteiger partial charge on any atom is -0.390 e. The van der Waals surface area contributed by atoms with E-state index in [1.807, 2.05) is 0 Å². The molecule has 0 aromatic heterocycles. The van der Waals surface area contributed by atoms with Crippen molar-refractivity contribution < 1.29 is 13.5 Å². The van der Waals surface area contributed by atoms with Crippen LogP contribution in [0.25, 0.3) is 0 Å². The van der Waals surface area contributed by atoms with E-state index in [2.05, 4.69) is 0 Å². The molecule has 0 unspecified atom stereocenters. The second-order valence-electron chi connectivity index (χ2n) is 4.86. The van der Waals surface area contributed by atoms with Gasteiger partial charge in [0, 0.05) is 0 Å². The summed E-state index contributed by atoms with van der Waals surface area (Å²) in [5, 5.41) is 9.64. The zero-order chi connectivity index (χ0) is 10.2. The van der Waals surface area contributed by atoms with Crippen molar-refractivity contribution >= 4 is 9.84 Å². The second kappa shape index (κ2) is 3.49. The molecule has 1 N–H and O–H groups in total. The van der Waals surface area contributed by atoms with Crippen molar-refractivity contribution in [3.63, 3.8) is 0 Å². The molecule has 4 heteroatoms. The van der Waals surface area contributed by atoms with E-state index in [0.717, 1.165) is 38.5 Å². The van der Waals surface area contributed by atoms with Gasteiger partial charge in [0.15, 0.2) is 0 Å². The summed E-state index contributed by atoms with van der Waals surface area (Å²) >= 11 is 0. The summed E-state index contributed by atoms with van der Waals surface area (Å²) in [6.45, 7) is 0. The summed E-state index contributed by atoms with van der Waals surface area (Å²) in [4.78, 5) is 0. The Bertz CT molecular complexity index is 289. The smallest absolute Gasteiger partial charge is 0.150 e. The van der Waals surface area contributed by atoms with Gasteiger partial charge in [0.25, 0.3) is 0 Å². The fourth-order valence-corrected chi connectivity index (χ4v) is 3.68. The summed E-state index contributed by atoms with van der Waals surface area (Å²) in [6, 6.07) is 0. The zero-order valence-corrected chi connectivity index (χ0v) is 9.22. The lowest BCUT2D eigenvalue weighted by molar-refractivity contribution is 0.129. The van der Waals surface area contributed by atoms with E-state index in [0.29, 0.717) is 17.4 Å². The van der Waals surface area contributed by atoms with Crippen LogP contribution in [0.3, 0.4) is 0 Å². The first-order valence-corrected chi connectivity index (χ1v) is 7.24. The highest BCUT2D eigenvalue weighted by Crippen LogP contribution is 2.41. The minimum atomic E-state index is -2.72. The molecule has 82 valence electrons. The number of rotatable bonds is 3. The van der Waals surface area contributed by atoms with Crippen LogP contribution in [0.2, 0.25) is 0 Å². The van der Waals surface area contributed by atoms with E-state index >= 15 is 0 Å². The maximum atomic E-state index is 11.2. The molecule has 2 fully saturated rings. The highest BCUT2D eigenvalue weighted by atomic mass is 32.2. The van der Waals surface area contributed by atoms with Gasteiger partial charge in [-0.3, -0.25) is 0 Å². The van der Waals surface area contributed by atoms with Crippen LogP contribution >= 0.6 is 0 Å². The molecule has 2 rings (SSSR count). The third-order valence-electron chi connectivity index (χ3n) is 3.52. The molecule has 1 saturated heterocycles. The van der Waals surface area contributed by atoms with Gasteiger partial charge in [0.05, 0.1) is 17.1 Å². The summed E-state index contributed by atoms with van der Waals surface area (Å²) in [7, 11) is -2.72. The molecule has 0 bridgehead atoms. The zero-order valence-electron chi connectivity index (χ0n) is 8.41. The van der Waals surface area contributed by atoms with Gasteiger partial charge in [0.2, 0.25) is 0 Å². The van der Waals surface area contributed by atoms with E-state index in [1.165, 1.54) is 0 Å². The molecule has 1 heterocycles. The van der Waals surface area contributed by atoms with E-state index in [-0.39, 0.29) is 5.60 Å². The molecule has 1 saturated carbocycles. The summed E-state index contributed by atoms with van der Waals surface area (Å²) < 4.78 is 22.3. The van der Waals surface area contributed by atoms with Crippen LogP contribution in [-0.2, 0) is 9.84 Å². The fraction of sp³-hybridized carbons (Fsp3) is 1.00. The van der Waals surface area contributed by atoms with Gasteiger partial charge in [-0.2, -0.15) is 0 Å². The van der Waals surface area contributed by atoms with Crippen LogP contribution in [0.5, 0.6) is 0 Å². The average Bonchev–Trinajstić information content (AvgIpc) is 2.83. The highest BCUT2D eigenvalue weighted by Gasteiger charge is 2.40. The molecule has 3 nitrogen and oxygen atoms in total. The summed E-state index contributed by atoms with van der Waals surface area (Å²) in [5.74, 6) is 1.25. The molecule has 14 heavy (non-hydrogen) atoms. The molecule has 0 atom stereocenters. The molecule has 1 aliphatic carbocycles. The number of hydrogen-bond acceptors (Lipinski definition) is 3. The Hall–Kier alpha value is -0.0900. The van der Waals surface area contributed by atoms with Gasteiger partial charge in [-0.1, -0.05) is 0 Å². The van der Waals surface area contributed by atoms with Crippen molar-refractivity contribution in [1.29, 1.82) is 0 Å². The molecule has 0 aromatic carbocycles. The van der Waals surface area contributed by atoms with Gasteiger partial charge in [0.1, 0.15) is 9.84 Å². The van der Waals surface area contributed by atoms with Crippen LogP contribution in [0.4, 0.5) is 0 Å². The van der Waals surface area contributed by atoms with Gasteiger partial charge >= 0.3 is 0 Å². The second-order valence-corrected chi connectivity index (χ2v) is 7.16. The monoisotopic (exact) mass is 218 g/mol. The van der Waals surface area contributed by atoms with Crippen molar-refractivity contribution in [2.24, 2.45) is 5.92 Å². The first-order valence-electron chi connectivity index (χ1n) is 5.42. The van der Waals surface area contributed by atoms with Crippen molar-refractivity contribution in [3.05, 3.63) is 0 Å². The molecular weight excluding hydrogens is 200 g/mol. The quantitative estimate of drug-likeness (QED) is 0.772. The first kappa shape index (κ1) is 10.4. The molecule has 0 radical (unpaired) electrons. The Morgan fingerprint density at radius 1 is 1.21 bits per heavy atom. The van der Waals surface area contributed by atoms with E-state index in [4.69, 9.17) is 0 Å². The number of sulfone groups is 1.